The van der Waals surface area contributed by atoms with Crippen LogP contribution < -0.4 is 9.62 Å². The SMILES string of the molecule is C[C@H](C(=O)N1CCN(c2ccc(S(=O)(=O)Nc3ncns3)cc2)C(=O)C1)n1ccc2cccc(F)c21. The topological polar surface area (TPSA) is 118 Å². The van der Waals surface area contributed by atoms with Crippen LogP contribution in [0.25, 0.3) is 10.9 Å². The number of benzene rings is 2. The molecule has 1 saturated heterocycles. The second kappa shape index (κ2) is 9.32. The minimum absolute atomic E-state index is 0.0164. The molecule has 1 aliphatic rings. The summed E-state index contributed by atoms with van der Waals surface area (Å²) in [4.78, 5) is 32.8. The maximum Gasteiger partial charge on any atom is 0.263 e. The summed E-state index contributed by atoms with van der Waals surface area (Å²) in [6, 6.07) is 11.7. The average Bonchev–Trinajstić information content (AvgIpc) is 3.53. The summed E-state index contributed by atoms with van der Waals surface area (Å²) in [6.07, 6.45) is 2.92. The largest absolute Gasteiger partial charge is 0.333 e. The third-order valence-electron chi connectivity index (χ3n) is 6.04. The van der Waals surface area contributed by atoms with Gasteiger partial charge in [-0.05, 0) is 43.3 Å². The van der Waals surface area contributed by atoms with Gasteiger partial charge in [0.2, 0.25) is 16.9 Å². The summed E-state index contributed by atoms with van der Waals surface area (Å²) in [5, 5.41) is 0.847. The summed E-state index contributed by atoms with van der Waals surface area (Å²) in [5.74, 6) is -0.997. The lowest BCUT2D eigenvalue weighted by Crippen LogP contribution is -2.53. The molecule has 0 unspecified atom stereocenters. The van der Waals surface area contributed by atoms with E-state index < -0.39 is 21.9 Å². The molecule has 0 radical (unpaired) electrons. The van der Waals surface area contributed by atoms with E-state index in [1.165, 1.54) is 34.3 Å². The Morgan fingerprint density at radius 1 is 1.14 bits per heavy atom. The zero-order chi connectivity index (χ0) is 25.4. The van der Waals surface area contributed by atoms with Crippen LogP contribution in [0.1, 0.15) is 13.0 Å². The second-order valence-corrected chi connectivity index (χ2v) is 10.7. The normalized spacial score (nSPS) is 15.3. The van der Waals surface area contributed by atoms with Crippen LogP contribution in [0.15, 0.2) is 66.0 Å². The number of halogens is 1. The molecule has 0 aliphatic carbocycles. The molecule has 36 heavy (non-hydrogen) atoms. The van der Waals surface area contributed by atoms with Gasteiger partial charge in [0.25, 0.3) is 10.0 Å². The van der Waals surface area contributed by atoms with Gasteiger partial charge in [0.15, 0.2) is 0 Å². The van der Waals surface area contributed by atoms with E-state index >= 15 is 0 Å². The third kappa shape index (κ3) is 4.42. The van der Waals surface area contributed by atoms with Crippen molar-refractivity contribution >= 4 is 55.1 Å². The number of para-hydroxylation sites is 1. The Morgan fingerprint density at radius 2 is 1.92 bits per heavy atom. The Bertz CT molecular complexity index is 1540. The first kappa shape index (κ1) is 23.9. The molecular weight excluding hydrogens is 507 g/mol. The van der Waals surface area contributed by atoms with Gasteiger partial charge in [-0.3, -0.25) is 14.3 Å². The highest BCUT2D eigenvalue weighted by molar-refractivity contribution is 7.93. The lowest BCUT2D eigenvalue weighted by atomic mass is 10.2. The maximum absolute atomic E-state index is 14.4. The average molecular weight is 529 g/mol. The predicted molar refractivity (Wildman–Crippen MR) is 133 cm³/mol. The smallest absolute Gasteiger partial charge is 0.263 e. The van der Waals surface area contributed by atoms with Crippen LogP contribution in [0, 0.1) is 5.82 Å². The van der Waals surface area contributed by atoms with E-state index in [2.05, 4.69) is 14.1 Å². The van der Waals surface area contributed by atoms with Crippen LogP contribution in [0.4, 0.5) is 15.2 Å². The molecule has 2 aromatic heterocycles. The van der Waals surface area contributed by atoms with Crippen molar-refractivity contribution in [3.05, 3.63) is 66.9 Å². The van der Waals surface area contributed by atoms with Crippen molar-refractivity contribution in [3.8, 4) is 0 Å². The van der Waals surface area contributed by atoms with Gasteiger partial charge in [0.1, 0.15) is 24.7 Å². The summed E-state index contributed by atoms with van der Waals surface area (Å²) in [5.41, 5.74) is 0.868. The molecule has 1 atom stereocenters. The summed E-state index contributed by atoms with van der Waals surface area (Å²) >= 11 is 0.919. The van der Waals surface area contributed by atoms with E-state index in [4.69, 9.17) is 0 Å². The van der Waals surface area contributed by atoms with Gasteiger partial charge in [0.05, 0.1) is 10.4 Å². The molecule has 0 bridgehead atoms. The van der Waals surface area contributed by atoms with Crippen molar-refractivity contribution in [2.24, 2.45) is 0 Å². The number of hydrogen-bond acceptors (Lipinski definition) is 7. The fraction of sp³-hybridized carbons (Fsp3) is 0.217. The fourth-order valence-electron chi connectivity index (χ4n) is 4.21. The Hall–Kier alpha value is -3.84. The lowest BCUT2D eigenvalue weighted by molar-refractivity contribution is -0.139. The Kier molecular flexibility index (Phi) is 6.18. The molecule has 1 N–H and O–H groups in total. The molecule has 0 saturated carbocycles. The number of carbonyl (C=O) groups excluding carboxylic acids is 2. The van der Waals surface area contributed by atoms with Crippen LogP contribution in [-0.2, 0) is 19.6 Å². The molecule has 3 heterocycles. The Balaban J connectivity index is 1.27. The number of anilines is 2. The van der Waals surface area contributed by atoms with Gasteiger partial charge >= 0.3 is 0 Å². The monoisotopic (exact) mass is 528 g/mol. The van der Waals surface area contributed by atoms with Gasteiger partial charge in [-0.2, -0.15) is 4.37 Å². The number of aromatic nitrogens is 3. The number of hydrogen-bond donors (Lipinski definition) is 1. The van der Waals surface area contributed by atoms with E-state index in [0.717, 1.165) is 11.5 Å². The first-order valence-electron chi connectivity index (χ1n) is 11.0. The second-order valence-electron chi connectivity index (χ2n) is 8.23. The Labute approximate surface area is 210 Å². The first-order chi connectivity index (χ1) is 17.2. The number of rotatable bonds is 6. The number of piperazine rings is 1. The van der Waals surface area contributed by atoms with E-state index in [-0.39, 0.29) is 41.5 Å². The maximum atomic E-state index is 14.4. The molecule has 5 rings (SSSR count). The van der Waals surface area contributed by atoms with Gasteiger partial charge < -0.3 is 14.4 Å². The van der Waals surface area contributed by atoms with Crippen LogP contribution in [0.2, 0.25) is 0 Å². The van der Waals surface area contributed by atoms with Crippen molar-refractivity contribution in [2.45, 2.75) is 17.9 Å². The number of fused-ring (bicyclic) bond motifs is 1. The lowest BCUT2D eigenvalue weighted by Gasteiger charge is -2.35. The van der Waals surface area contributed by atoms with Crippen molar-refractivity contribution in [2.75, 3.05) is 29.3 Å². The molecule has 186 valence electrons. The molecule has 1 fully saturated rings. The van der Waals surface area contributed by atoms with Gasteiger partial charge in [-0.25, -0.2) is 17.8 Å². The summed E-state index contributed by atoms with van der Waals surface area (Å²) < 4.78 is 47.1. The fourth-order valence-corrected chi connectivity index (χ4v) is 5.87. The van der Waals surface area contributed by atoms with E-state index in [1.807, 2.05) is 0 Å². The van der Waals surface area contributed by atoms with E-state index in [0.29, 0.717) is 16.6 Å². The first-order valence-corrected chi connectivity index (χ1v) is 13.2. The van der Waals surface area contributed by atoms with Crippen LogP contribution >= 0.6 is 11.5 Å². The molecule has 4 aromatic rings. The highest BCUT2D eigenvalue weighted by atomic mass is 32.2. The third-order valence-corrected chi connectivity index (χ3v) is 8.10. The zero-order valence-corrected chi connectivity index (χ0v) is 20.7. The summed E-state index contributed by atoms with van der Waals surface area (Å²) in [6.45, 7) is 2.08. The Morgan fingerprint density at radius 3 is 2.61 bits per heavy atom. The predicted octanol–water partition coefficient (Wildman–Crippen LogP) is 2.87. The standard InChI is InChI=1S/C23H21FN6O4S2/c1-15(29-10-9-16-3-2-4-19(24)21(16)29)22(32)28-11-12-30(20(31)13-28)17-5-7-18(8-6-17)36(33,34)27-23-25-14-26-35-23/h2-10,14-15H,11-13H2,1H3,(H,25,26,27)/t15-/m1/s1. The van der Waals surface area contributed by atoms with Gasteiger partial charge in [0, 0.05) is 41.9 Å². The number of amides is 2. The number of nitrogens with one attached hydrogen (secondary N) is 1. The van der Waals surface area contributed by atoms with E-state index in [9.17, 15) is 22.4 Å². The molecule has 10 nitrogen and oxygen atoms in total. The number of nitrogens with zero attached hydrogens (tertiary/aromatic N) is 5. The van der Waals surface area contributed by atoms with Crippen LogP contribution in [-0.4, -0.2) is 58.7 Å². The molecule has 1 aliphatic heterocycles. The van der Waals surface area contributed by atoms with Crippen molar-refractivity contribution < 1.29 is 22.4 Å². The van der Waals surface area contributed by atoms with Gasteiger partial charge in [-0.15, -0.1) is 0 Å². The van der Waals surface area contributed by atoms with Crippen molar-refractivity contribution in [3.63, 3.8) is 0 Å². The molecule has 0 spiro atoms. The van der Waals surface area contributed by atoms with Gasteiger partial charge in [-0.1, -0.05) is 12.1 Å². The van der Waals surface area contributed by atoms with Crippen molar-refractivity contribution in [1.29, 1.82) is 0 Å². The number of carbonyl (C=O) groups is 2. The molecule has 2 amide bonds. The zero-order valence-electron chi connectivity index (χ0n) is 19.0. The molecule has 13 heteroatoms. The minimum Gasteiger partial charge on any atom is -0.333 e. The highest BCUT2D eigenvalue weighted by Gasteiger charge is 2.31. The van der Waals surface area contributed by atoms with Crippen molar-refractivity contribution in [1.82, 2.24) is 18.8 Å². The van der Waals surface area contributed by atoms with E-state index in [1.54, 1.807) is 48.0 Å². The number of sulfonamides is 1. The van der Waals surface area contributed by atoms with Crippen LogP contribution in [0.5, 0.6) is 0 Å². The highest BCUT2D eigenvalue weighted by Crippen LogP contribution is 2.26. The minimum atomic E-state index is -3.84. The van der Waals surface area contributed by atoms with Crippen LogP contribution in [0.3, 0.4) is 0 Å². The summed E-state index contributed by atoms with van der Waals surface area (Å²) in [7, 11) is -3.84. The quantitative estimate of drug-likeness (QED) is 0.411. The molecular formula is C23H21FN6O4S2. The molecule has 2 aromatic carbocycles.